The van der Waals surface area contributed by atoms with Gasteiger partial charge < -0.3 is 18.8 Å². The second kappa shape index (κ2) is 9.05. The molecule has 0 spiro atoms. The molecule has 220 valence electrons. The summed E-state index contributed by atoms with van der Waals surface area (Å²) in [5.41, 5.74) is 10.1. The van der Waals surface area contributed by atoms with Gasteiger partial charge in [0.25, 0.3) is 0 Å². The van der Waals surface area contributed by atoms with Crippen molar-refractivity contribution in [3.05, 3.63) is 146 Å². The molecule has 0 atom stereocenters. The molecule has 0 fully saturated rings. The molecule has 11 rings (SSSR count). The number of benzene rings is 7. The van der Waals surface area contributed by atoms with E-state index in [2.05, 4.69) is 119 Å². The topological polar surface area (TPSA) is 39.8 Å². The molecule has 7 aromatic carbocycles. The molecule has 0 saturated carbocycles. The Hall–Kier alpha value is -6.46. The van der Waals surface area contributed by atoms with Crippen molar-refractivity contribution >= 4 is 60.8 Å². The third kappa shape index (κ3) is 3.37. The Balaban J connectivity index is 1.23. The van der Waals surface area contributed by atoms with Crippen LogP contribution in [0.2, 0.25) is 0 Å². The zero-order chi connectivity index (χ0) is 30.6. The first-order valence-corrected chi connectivity index (χ1v) is 15.8. The summed E-state index contributed by atoms with van der Waals surface area (Å²) < 4.78 is 21.8. The Kier molecular flexibility index (Phi) is 4.78. The highest BCUT2D eigenvalue weighted by atomic mass is 16.5. The minimum atomic E-state index is 0.791. The molecule has 4 heterocycles. The molecule has 0 bridgehead atoms. The van der Waals surface area contributed by atoms with Crippen molar-refractivity contribution in [2.45, 2.75) is 0 Å². The van der Waals surface area contributed by atoms with Gasteiger partial charge in [-0.2, -0.15) is 0 Å². The van der Waals surface area contributed by atoms with Crippen LogP contribution in [0.15, 0.2) is 150 Å². The highest BCUT2D eigenvalue weighted by Gasteiger charge is 2.33. The van der Waals surface area contributed by atoms with Gasteiger partial charge in [-0.15, -0.1) is 0 Å². The highest BCUT2D eigenvalue weighted by molar-refractivity contribution is 6.21. The van der Waals surface area contributed by atoms with Gasteiger partial charge in [-0.1, -0.05) is 78.9 Å². The largest absolute Gasteiger partial charge is 0.456 e. The van der Waals surface area contributed by atoms with Gasteiger partial charge in [0.05, 0.1) is 16.7 Å². The number of nitrogens with zero attached hydrogens (tertiary/aromatic N) is 2. The monoisotopic (exact) mass is 604 g/mol. The Bertz CT molecular complexity index is 2740. The Labute approximate surface area is 269 Å². The van der Waals surface area contributed by atoms with Crippen LogP contribution in [0.4, 0.5) is 17.1 Å². The highest BCUT2D eigenvalue weighted by Crippen LogP contribution is 2.56. The van der Waals surface area contributed by atoms with E-state index in [1.165, 1.54) is 5.56 Å². The van der Waals surface area contributed by atoms with E-state index in [-0.39, 0.29) is 0 Å². The van der Waals surface area contributed by atoms with Crippen molar-refractivity contribution in [2.75, 3.05) is 4.90 Å². The second-order valence-electron chi connectivity index (χ2n) is 12.1. The minimum absolute atomic E-state index is 0.791. The smallest absolute Gasteiger partial charge is 0.155 e. The van der Waals surface area contributed by atoms with Crippen LogP contribution >= 0.6 is 0 Å². The number of ether oxygens (including phenoxy) is 2. The maximum atomic E-state index is 6.57. The van der Waals surface area contributed by atoms with Crippen molar-refractivity contribution in [2.24, 2.45) is 0 Å². The van der Waals surface area contributed by atoms with Crippen LogP contribution in [0, 0.1) is 0 Å². The molecule has 9 aromatic rings. The molecule has 0 radical (unpaired) electrons. The summed E-state index contributed by atoms with van der Waals surface area (Å²) in [7, 11) is 0. The van der Waals surface area contributed by atoms with Gasteiger partial charge in [-0.3, -0.25) is 4.57 Å². The number of hydrogen-bond acceptors (Lipinski definition) is 4. The molecular weight excluding hydrogens is 580 g/mol. The van der Waals surface area contributed by atoms with E-state index in [1.807, 2.05) is 36.4 Å². The van der Waals surface area contributed by atoms with Crippen LogP contribution in [0.5, 0.6) is 23.0 Å². The van der Waals surface area contributed by atoms with Gasteiger partial charge in [-0.05, 0) is 71.8 Å². The van der Waals surface area contributed by atoms with Crippen LogP contribution in [-0.2, 0) is 0 Å². The van der Waals surface area contributed by atoms with Crippen molar-refractivity contribution < 1.29 is 13.9 Å². The van der Waals surface area contributed by atoms with E-state index in [0.717, 1.165) is 95.1 Å². The van der Waals surface area contributed by atoms with Gasteiger partial charge in [-0.25, -0.2) is 0 Å². The van der Waals surface area contributed by atoms with E-state index in [0.29, 0.717) is 0 Å². The van der Waals surface area contributed by atoms with Crippen LogP contribution in [0.3, 0.4) is 0 Å². The fourth-order valence-electron chi connectivity index (χ4n) is 7.55. The molecule has 0 amide bonds. The van der Waals surface area contributed by atoms with Gasteiger partial charge in [0.2, 0.25) is 0 Å². The van der Waals surface area contributed by atoms with E-state index < -0.39 is 0 Å². The van der Waals surface area contributed by atoms with Gasteiger partial charge in [0.15, 0.2) is 23.0 Å². The third-order valence-corrected chi connectivity index (χ3v) is 9.53. The zero-order valence-corrected chi connectivity index (χ0v) is 25.0. The summed E-state index contributed by atoms with van der Waals surface area (Å²) in [6.45, 7) is 0. The van der Waals surface area contributed by atoms with Crippen LogP contribution in [-0.4, -0.2) is 4.57 Å². The van der Waals surface area contributed by atoms with Crippen molar-refractivity contribution in [3.8, 4) is 39.8 Å². The quantitative estimate of drug-likeness (QED) is 0.200. The fourth-order valence-corrected chi connectivity index (χ4v) is 7.55. The first kappa shape index (κ1) is 24.8. The van der Waals surface area contributed by atoms with E-state index in [4.69, 9.17) is 13.9 Å². The summed E-state index contributed by atoms with van der Waals surface area (Å²) in [6, 6.07) is 50.6. The van der Waals surface area contributed by atoms with Crippen LogP contribution in [0.1, 0.15) is 0 Å². The zero-order valence-electron chi connectivity index (χ0n) is 25.0. The van der Waals surface area contributed by atoms with E-state index in [9.17, 15) is 0 Å². The third-order valence-electron chi connectivity index (χ3n) is 9.53. The van der Waals surface area contributed by atoms with Gasteiger partial charge >= 0.3 is 0 Å². The molecule has 2 aliphatic rings. The van der Waals surface area contributed by atoms with Crippen LogP contribution in [0.25, 0.3) is 60.6 Å². The number of fused-ring (bicyclic) bond motifs is 4. The lowest BCUT2D eigenvalue weighted by Crippen LogP contribution is -2.12. The lowest BCUT2D eigenvalue weighted by molar-refractivity contribution is 0.444. The lowest BCUT2D eigenvalue weighted by atomic mass is 10.0. The maximum Gasteiger partial charge on any atom is 0.155 e. The number of furan rings is 1. The second-order valence-corrected chi connectivity index (χ2v) is 12.1. The van der Waals surface area contributed by atoms with Crippen molar-refractivity contribution in [1.29, 1.82) is 0 Å². The molecular formula is C42H24N2O3. The minimum Gasteiger partial charge on any atom is -0.456 e. The maximum absolute atomic E-state index is 6.57. The fraction of sp³-hybridized carbons (Fsp3) is 0. The summed E-state index contributed by atoms with van der Waals surface area (Å²) >= 11 is 0. The van der Waals surface area contributed by atoms with Crippen molar-refractivity contribution in [1.82, 2.24) is 4.57 Å². The molecule has 2 aliphatic heterocycles. The number of aromatic nitrogens is 1. The first-order chi connectivity index (χ1) is 23.3. The predicted molar refractivity (Wildman–Crippen MR) is 188 cm³/mol. The standard InChI is InChI=1S/C42H24N2O3/c1-2-9-25(10-3-1)26-11-6-12-27(23-26)43(28-19-20-30-29-13-4-5-15-33(29)45-38(30)24-28)32-21-22-37-42-39(32)31-14-7-16-34-40(31)44(42)41-35(46-34)17-8-18-36(41)47-37/h1-24H. The summed E-state index contributed by atoms with van der Waals surface area (Å²) in [6.07, 6.45) is 0. The molecule has 0 saturated heterocycles. The Morgan fingerprint density at radius 1 is 0.447 bits per heavy atom. The predicted octanol–water partition coefficient (Wildman–Crippen LogP) is 12.0. The molecule has 5 heteroatoms. The summed E-state index contributed by atoms with van der Waals surface area (Å²) in [4.78, 5) is 2.34. The van der Waals surface area contributed by atoms with Crippen LogP contribution < -0.4 is 14.4 Å². The SMILES string of the molecule is c1ccc(-c2cccc(N(c3ccc4c(c3)oc3ccccc34)c3ccc4c5c3c3cccc6c3n5-c3c(cccc3O4)O6)c2)cc1. The van der Waals surface area contributed by atoms with Crippen molar-refractivity contribution in [3.63, 3.8) is 0 Å². The lowest BCUT2D eigenvalue weighted by Gasteiger charge is -2.29. The number of hydrogen-bond donors (Lipinski definition) is 0. The normalized spacial score (nSPS) is 12.6. The number of para-hydroxylation sites is 3. The van der Waals surface area contributed by atoms with E-state index in [1.54, 1.807) is 0 Å². The average molecular weight is 605 g/mol. The summed E-state index contributed by atoms with van der Waals surface area (Å²) in [5, 5.41) is 4.41. The molecule has 0 unspecified atom stereocenters. The number of rotatable bonds is 4. The number of anilines is 3. The average Bonchev–Trinajstić information content (AvgIpc) is 3.68. The molecule has 0 aliphatic carbocycles. The van der Waals surface area contributed by atoms with Gasteiger partial charge in [0, 0.05) is 39.0 Å². The summed E-state index contributed by atoms with van der Waals surface area (Å²) in [5.74, 6) is 3.24. The molecule has 5 nitrogen and oxygen atoms in total. The van der Waals surface area contributed by atoms with E-state index >= 15 is 0 Å². The first-order valence-electron chi connectivity index (χ1n) is 15.8. The van der Waals surface area contributed by atoms with Gasteiger partial charge in [0.1, 0.15) is 16.9 Å². The Morgan fingerprint density at radius 2 is 1.13 bits per heavy atom. The molecule has 2 aromatic heterocycles. The molecule has 47 heavy (non-hydrogen) atoms. The molecule has 0 N–H and O–H groups in total. The Morgan fingerprint density at radius 3 is 2.02 bits per heavy atom.